The number of rotatable bonds is 5. The summed E-state index contributed by atoms with van der Waals surface area (Å²) in [4.78, 5) is 21.8. The van der Waals surface area contributed by atoms with Crippen molar-refractivity contribution in [2.45, 2.75) is 32.7 Å². The predicted octanol–water partition coefficient (Wildman–Crippen LogP) is -0.176. The zero-order valence-corrected chi connectivity index (χ0v) is 7.91. The van der Waals surface area contributed by atoms with Crippen LogP contribution >= 0.6 is 0 Å². The molecule has 5 nitrogen and oxygen atoms in total. The van der Waals surface area contributed by atoms with Crippen molar-refractivity contribution >= 4 is 11.7 Å². The molecular formula is C8H16N2O3. The van der Waals surface area contributed by atoms with E-state index < -0.39 is 11.9 Å². The van der Waals surface area contributed by atoms with E-state index in [1.165, 1.54) is 5.48 Å². The minimum absolute atomic E-state index is 0.0641. The van der Waals surface area contributed by atoms with E-state index in [2.05, 4.69) is 0 Å². The van der Waals surface area contributed by atoms with E-state index in [9.17, 15) is 9.59 Å². The summed E-state index contributed by atoms with van der Waals surface area (Å²) in [7, 11) is 0. The molecule has 0 bridgehead atoms. The van der Waals surface area contributed by atoms with E-state index in [1.54, 1.807) is 13.8 Å². The number of nitrogens with two attached hydrogens (primary N) is 1. The molecule has 0 heterocycles. The molecule has 0 aromatic heterocycles. The van der Waals surface area contributed by atoms with Crippen molar-refractivity contribution in [1.29, 1.82) is 0 Å². The Morgan fingerprint density at radius 1 is 1.46 bits per heavy atom. The molecule has 1 atom stereocenters. The molecule has 0 fully saturated rings. The van der Waals surface area contributed by atoms with E-state index in [-0.39, 0.29) is 24.5 Å². The summed E-state index contributed by atoms with van der Waals surface area (Å²) >= 11 is 0. The molecule has 0 rings (SSSR count). The highest BCUT2D eigenvalue weighted by molar-refractivity contribution is 5.86. The first-order valence-corrected chi connectivity index (χ1v) is 4.21. The first-order chi connectivity index (χ1) is 5.99. The Labute approximate surface area is 77.3 Å². The van der Waals surface area contributed by atoms with Gasteiger partial charge in [-0.3, -0.25) is 14.8 Å². The highest BCUT2D eigenvalue weighted by Crippen LogP contribution is 2.03. The molecule has 4 N–H and O–H groups in total. The SMILES string of the molecule is CC(C)C(=O)C(N)CCC(=O)NO. The summed E-state index contributed by atoms with van der Waals surface area (Å²) in [6.45, 7) is 3.52. The average Bonchev–Trinajstić information content (AvgIpc) is 2.11. The van der Waals surface area contributed by atoms with Gasteiger partial charge in [0.1, 0.15) is 0 Å². The van der Waals surface area contributed by atoms with Crippen molar-refractivity contribution in [2.75, 3.05) is 0 Å². The summed E-state index contributed by atoms with van der Waals surface area (Å²) in [6, 6.07) is -0.614. The highest BCUT2D eigenvalue weighted by atomic mass is 16.5. The number of hydrogen-bond donors (Lipinski definition) is 3. The fraction of sp³-hybridized carbons (Fsp3) is 0.750. The van der Waals surface area contributed by atoms with Crippen LogP contribution in [-0.2, 0) is 9.59 Å². The maximum atomic E-state index is 11.2. The molecule has 0 aliphatic heterocycles. The molecular weight excluding hydrogens is 172 g/mol. The quantitative estimate of drug-likeness (QED) is 0.412. The number of carbonyl (C=O) groups is 2. The lowest BCUT2D eigenvalue weighted by molar-refractivity contribution is -0.129. The molecule has 1 unspecified atom stereocenters. The number of amides is 1. The molecule has 1 amide bonds. The largest absolute Gasteiger partial charge is 0.321 e. The molecule has 0 aliphatic rings. The highest BCUT2D eigenvalue weighted by Gasteiger charge is 2.17. The van der Waals surface area contributed by atoms with Gasteiger partial charge in [-0.2, -0.15) is 0 Å². The van der Waals surface area contributed by atoms with Gasteiger partial charge in [0, 0.05) is 12.3 Å². The van der Waals surface area contributed by atoms with Crippen LogP contribution in [0.5, 0.6) is 0 Å². The number of hydroxylamine groups is 1. The maximum Gasteiger partial charge on any atom is 0.243 e. The van der Waals surface area contributed by atoms with E-state index in [0.717, 1.165) is 0 Å². The standard InChI is InChI=1S/C8H16N2O3/c1-5(2)8(12)6(9)3-4-7(11)10-13/h5-6,13H,3-4,9H2,1-2H3,(H,10,11). The third-order valence-corrected chi connectivity index (χ3v) is 1.74. The van der Waals surface area contributed by atoms with Gasteiger partial charge in [0.05, 0.1) is 6.04 Å². The van der Waals surface area contributed by atoms with Crippen LogP contribution in [0, 0.1) is 5.92 Å². The van der Waals surface area contributed by atoms with Crippen molar-refractivity contribution in [3.63, 3.8) is 0 Å². The van der Waals surface area contributed by atoms with Crippen molar-refractivity contribution < 1.29 is 14.8 Å². The summed E-state index contributed by atoms with van der Waals surface area (Å²) < 4.78 is 0. The van der Waals surface area contributed by atoms with Crippen LogP contribution in [0.1, 0.15) is 26.7 Å². The fourth-order valence-corrected chi connectivity index (χ4v) is 0.913. The van der Waals surface area contributed by atoms with Crippen molar-refractivity contribution in [2.24, 2.45) is 11.7 Å². The average molecular weight is 188 g/mol. The molecule has 0 saturated carbocycles. The summed E-state index contributed by atoms with van der Waals surface area (Å²) in [5.41, 5.74) is 6.99. The van der Waals surface area contributed by atoms with Crippen LogP contribution in [0.15, 0.2) is 0 Å². The lowest BCUT2D eigenvalue weighted by Crippen LogP contribution is -2.35. The minimum atomic E-state index is -0.614. The van der Waals surface area contributed by atoms with Gasteiger partial charge < -0.3 is 5.73 Å². The normalized spacial score (nSPS) is 12.7. The van der Waals surface area contributed by atoms with Gasteiger partial charge in [-0.25, -0.2) is 5.48 Å². The summed E-state index contributed by atoms with van der Waals surface area (Å²) in [5.74, 6) is -0.704. The zero-order valence-electron chi connectivity index (χ0n) is 7.91. The van der Waals surface area contributed by atoms with Crippen LogP contribution < -0.4 is 11.2 Å². The Hall–Kier alpha value is -0.940. The number of ketones is 1. The lowest BCUT2D eigenvalue weighted by Gasteiger charge is -2.11. The van der Waals surface area contributed by atoms with E-state index in [0.29, 0.717) is 0 Å². The van der Waals surface area contributed by atoms with Gasteiger partial charge in [-0.05, 0) is 6.42 Å². The van der Waals surface area contributed by atoms with Gasteiger partial charge >= 0.3 is 0 Å². The van der Waals surface area contributed by atoms with Crippen LogP contribution in [0.25, 0.3) is 0 Å². The second-order valence-corrected chi connectivity index (χ2v) is 3.24. The number of Topliss-reactive ketones (excluding diaryl/α,β-unsaturated/α-hetero) is 1. The first-order valence-electron chi connectivity index (χ1n) is 4.21. The maximum absolute atomic E-state index is 11.2. The third-order valence-electron chi connectivity index (χ3n) is 1.74. The first kappa shape index (κ1) is 12.1. The smallest absolute Gasteiger partial charge is 0.243 e. The van der Waals surface area contributed by atoms with Crippen LogP contribution in [0.4, 0.5) is 0 Å². The Bertz CT molecular complexity index is 192. The van der Waals surface area contributed by atoms with Crippen LogP contribution in [0.2, 0.25) is 0 Å². The number of hydrogen-bond acceptors (Lipinski definition) is 4. The van der Waals surface area contributed by atoms with Crippen molar-refractivity contribution in [3.8, 4) is 0 Å². The Balaban J connectivity index is 3.81. The number of nitrogens with one attached hydrogen (secondary N) is 1. The van der Waals surface area contributed by atoms with Gasteiger partial charge in [0.15, 0.2) is 5.78 Å². The number of carbonyl (C=O) groups excluding carboxylic acids is 2. The van der Waals surface area contributed by atoms with Gasteiger partial charge in [-0.15, -0.1) is 0 Å². The molecule has 13 heavy (non-hydrogen) atoms. The van der Waals surface area contributed by atoms with E-state index >= 15 is 0 Å². The summed E-state index contributed by atoms with van der Waals surface area (Å²) in [6.07, 6.45) is 0.333. The molecule has 0 saturated heterocycles. The molecule has 0 aliphatic carbocycles. The lowest BCUT2D eigenvalue weighted by atomic mass is 9.99. The second-order valence-electron chi connectivity index (χ2n) is 3.24. The van der Waals surface area contributed by atoms with Gasteiger partial charge in [0.25, 0.3) is 0 Å². The van der Waals surface area contributed by atoms with Gasteiger partial charge in [-0.1, -0.05) is 13.8 Å². The fourth-order valence-electron chi connectivity index (χ4n) is 0.913. The predicted molar refractivity (Wildman–Crippen MR) is 47.0 cm³/mol. The second kappa shape index (κ2) is 5.66. The monoisotopic (exact) mass is 188 g/mol. The third kappa shape index (κ3) is 4.59. The van der Waals surface area contributed by atoms with E-state index in [4.69, 9.17) is 10.9 Å². The zero-order chi connectivity index (χ0) is 10.4. The molecule has 76 valence electrons. The molecule has 0 radical (unpaired) electrons. The Morgan fingerprint density at radius 3 is 2.38 bits per heavy atom. The summed E-state index contributed by atoms with van der Waals surface area (Å²) in [5, 5.41) is 8.17. The van der Waals surface area contributed by atoms with Crippen LogP contribution in [-0.4, -0.2) is 22.9 Å². The Morgan fingerprint density at radius 2 is 2.00 bits per heavy atom. The molecule has 0 aromatic carbocycles. The Kier molecular flexibility index (Phi) is 5.25. The van der Waals surface area contributed by atoms with Crippen LogP contribution in [0.3, 0.4) is 0 Å². The van der Waals surface area contributed by atoms with Crippen molar-refractivity contribution in [1.82, 2.24) is 5.48 Å². The van der Waals surface area contributed by atoms with E-state index in [1.807, 2.05) is 0 Å². The van der Waals surface area contributed by atoms with Gasteiger partial charge in [0.2, 0.25) is 5.91 Å². The molecule has 0 aromatic rings. The van der Waals surface area contributed by atoms with Crippen molar-refractivity contribution in [3.05, 3.63) is 0 Å². The molecule has 0 spiro atoms. The molecule has 5 heteroatoms. The topological polar surface area (TPSA) is 92.4 Å². The minimum Gasteiger partial charge on any atom is -0.321 e.